The van der Waals surface area contributed by atoms with Gasteiger partial charge in [-0.1, -0.05) is 6.07 Å². The molecule has 1 aliphatic carbocycles. The number of anilines is 3. The van der Waals surface area contributed by atoms with Gasteiger partial charge in [-0.2, -0.15) is 0 Å². The van der Waals surface area contributed by atoms with Gasteiger partial charge >= 0.3 is 12.1 Å². The Morgan fingerprint density at radius 1 is 1.13 bits per heavy atom. The van der Waals surface area contributed by atoms with Crippen LogP contribution in [0, 0.1) is 11.7 Å². The molecule has 1 aromatic heterocycles. The van der Waals surface area contributed by atoms with Crippen LogP contribution < -0.4 is 15.5 Å². The number of carbonyl (C=O) groups excluding carboxylic acids is 3. The van der Waals surface area contributed by atoms with E-state index in [1.165, 1.54) is 20.2 Å². The molecule has 0 atom stereocenters. The molecular weight excluding hydrogens is 503 g/mol. The van der Waals surface area contributed by atoms with Crippen molar-refractivity contribution in [2.45, 2.75) is 52.2 Å². The Morgan fingerprint density at radius 3 is 2.51 bits per heavy atom. The summed E-state index contributed by atoms with van der Waals surface area (Å²) < 4.78 is 27.1. The Kier molecular flexibility index (Phi) is 6.74. The number of hydrogen-bond acceptors (Lipinski definition) is 6. The maximum absolute atomic E-state index is 14.8. The predicted octanol–water partition coefficient (Wildman–Crippen LogP) is 5.57. The zero-order valence-electron chi connectivity index (χ0n) is 22.8. The van der Waals surface area contributed by atoms with Crippen LogP contribution in [-0.2, 0) is 22.4 Å². The number of esters is 1. The van der Waals surface area contributed by atoms with E-state index in [4.69, 9.17) is 9.47 Å². The molecule has 2 aromatic carbocycles. The molecule has 10 heteroatoms. The number of carbonyl (C=O) groups is 3. The Bertz CT molecular complexity index is 1490. The third-order valence-corrected chi connectivity index (χ3v) is 7.01. The summed E-state index contributed by atoms with van der Waals surface area (Å²) in [6.07, 6.45) is 2.40. The second-order valence-electron chi connectivity index (χ2n) is 11.0. The number of methoxy groups -OCH3 is 1. The second-order valence-corrected chi connectivity index (χ2v) is 11.0. The number of fused-ring (bicyclic) bond motifs is 3. The van der Waals surface area contributed by atoms with Crippen molar-refractivity contribution >= 4 is 45.9 Å². The molecule has 1 saturated carbocycles. The molecule has 3 aromatic rings. The van der Waals surface area contributed by atoms with Gasteiger partial charge in [0.15, 0.2) is 0 Å². The molecule has 1 fully saturated rings. The number of nitrogens with zero attached hydrogens (tertiary/aromatic N) is 2. The van der Waals surface area contributed by atoms with E-state index in [1.807, 2.05) is 43.5 Å². The van der Waals surface area contributed by atoms with E-state index in [1.54, 1.807) is 4.90 Å². The molecule has 2 amide bonds. The number of aromatic nitrogens is 1. The molecule has 0 spiro atoms. The maximum atomic E-state index is 14.8. The summed E-state index contributed by atoms with van der Waals surface area (Å²) in [5.41, 5.74) is 2.69. The number of benzene rings is 2. The van der Waals surface area contributed by atoms with E-state index in [0.717, 1.165) is 41.1 Å². The number of rotatable bonds is 6. The molecule has 0 saturated heterocycles. The van der Waals surface area contributed by atoms with Crippen molar-refractivity contribution in [1.82, 2.24) is 4.57 Å². The largest absolute Gasteiger partial charge is 0.465 e. The first-order valence-electron chi connectivity index (χ1n) is 13.1. The first-order valence-corrected chi connectivity index (χ1v) is 13.1. The summed E-state index contributed by atoms with van der Waals surface area (Å²) in [4.78, 5) is 40.3. The van der Waals surface area contributed by atoms with Crippen LogP contribution in [0.4, 0.5) is 26.2 Å². The maximum Gasteiger partial charge on any atom is 0.414 e. The lowest BCUT2D eigenvalue weighted by atomic mass is 10.1. The number of halogens is 1. The van der Waals surface area contributed by atoms with Crippen molar-refractivity contribution in [1.29, 1.82) is 0 Å². The summed E-state index contributed by atoms with van der Waals surface area (Å²) in [5.74, 6) is -1.37. The molecule has 2 heterocycles. The number of ether oxygens (including phenoxy) is 2. The highest BCUT2D eigenvalue weighted by Crippen LogP contribution is 2.40. The smallest absolute Gasteiger partial charge is 0.414 e. The van der Waals surface area contributed by atoms with E-state index < -0.39 is 29.4 Å². The van der Waals surface area contributed by atoms with Crippen LogP contribution in [0.3, 0.4) is 0 Å². The van der Waals surface area contributed by atoms with Crippen LogP contribution in [0.2, 0.25) is 0 Å². The quantitative estimate of drug-likeness (QED) is 0.400. The van der Waals surface area contributed by atoms with Crippen molar-refractivity contribution in [2.75, 3.05) is 36.2 Å². The van der Waals surface area contributed by atoms with Gasteiger partial charge in [0.05, 0.1) is 35.3 Å². The van der Waals surface area contributed by atoms with E-state index in [0.29, 0.717) is 31.1 Å². The van der Waals surface area contributed by atoms with Crippen LogP contribution in [0.15, 0.2) is 30.3 Å². The number of hydrogen-bond donors (Lipinski definition) is 2. The minimum Gasteiger partial charge on any atom is -0.465 e. The van der Waals surface area contributed by atoms with Gasteiger partial charge in [-0.3, -0.25) is 9.69 Å². The van der Waals surface area contributed by atoms with Gasteiger partial charge in [0.1, 0.15) is 17.1 Å². The van der Waals surface area contributed by atoms with E-state index in [2.05, 4.69) is 10.6 Å². The normalized spacial score (nSPS) is 14.8. The molecule has 2 N–H and O–H groups in total. The van der Waals surface area contributed by atoms with E-state index in [9.17, 15) is 18.8 Å². The molecule has 2 aliphatic rings. The van der Waals surface area contributed by atoms with Crippen LogP contribution in [0.25, 0.3) is 10.9 Å². The number of nitrogens with one attached hydrogen (secondary N) is 2. The molecule has 0 bridgehead atoms. The first-order chi connectivity index (χ1) is 18.5. The Balaban J connectivity index is 1.55. The lowest BCUT2D eigenvalue weighted by Gasteiger charge is -2.24. The van der Waals surface area contributed by atoms with Crippen LogP contribution in [0.1, 0.15) is 60.0 Å². The SMILES string of the molecule is CNc1c(F)cc(C(=O)OC)cc1NC(=O)c1cc2ccc3c(c2n1CC1CC1)CCN3C(=O)OC(C)(C)C. The highest BCUT2D eigenvalue weighted by atomic mass is 19.1. The first kappa shape index (κ1) is 26.5. The average molecular weight is 537 g/mol. The molecule has 1 aliphatic heterocycles. The minimum atomic E-state index is -0.708. The average Bonchev–Trinajstić information content (AvgIpc) is 3.45. The van der Waals surface area contributed by atoms with E-state index in [-0.39, 0.29) is 16.9 Å². The fourth-order valence-electron chi connectivity index (χ4n) is 5.09. The summed E-state index contributed by atoms with van der Waals surface area (Å²) in [7, 11) is 2.75. The van der Waals surface area contributed by atoms with Gasteiger partial charge in [0.25, 0.3) is 5.91 Å². The third kappa shape index (κ3) is 5.15. The van der Waals surface area contributed by atoms with Crippen LogP contribution in [0.5, 0.6) is 0 Å². The van der Waals surface area contributed by atoms with Gasteiger partial charge in [-0.25, -0.2) is 14.0 Å². The minimum absolute atomic E-state index is 0.0112. The molecule has 206 valence electrons. The summed E-state index contributed by atoms with van der Waals surface area (Å²) in [6.45, 7) is 6.66. The highest BCUT2D eigenvalue weighted by Gasteiger charge is 2.33. The predicted molar refractivity (Wildman–Crippen MR) is 147 cm³/mol. The Labute approximate surface area is 226 Å². The summed E-state index contributed by atoms with van der Waals surface area (Å²) >= 11 is 0. The monoisotopic (exact) mass is 536 g/mol. The van der Waals surface area contributed by atoms with E-state index >= 15 is 0 Å². The fourth-order valence-corrected chi connectivity index (χ4v) is 5.09. The van der Waals surface area contributed by atoms with Crippen LogP contribution in [-0.4, -0.2) is 48.8 Å². The van der Waals surface area contributed by atoms with Crippen molar-refractivity contribution in [3.8, 4) is 0 Å². The molecule has 0 radical (unpaired) electrons. The topological polar surface area (TPSA) is 102 Å². The lowest BCUT2D eigenvalue weighted by Crippen LogP contribution is -2.35. The van der Waals surface area contributed by atoms with Gasteiger partial charge in [0, 0.05) is 31.1 Å². The lowest BCUT2D eigenvalue weighted by molar-refractivity contribution is 0.0579. The molecule has 0 unspecified atom stereocenters. The van der Waals surface area contributed by atoms with Gasteiger partial charge in [-0.15, -0.1) is 0 Å². The fraction of sp³-hybridized carbons (Fsp3) is 0.414. The summed E-state index contributed by atoms with van der Waals surface area (Å²) in [6, 6.07) is 8.09. The van der Waals surface area contributed by atoms with Crippen molar-refractivity contribution in [2.24, 2.45) is 5.92 Å². The molecule has 39 heavy (non-hydrogen) atoms. The zero-order valence-corrected chi connectivity index (χ0v) is 22.8. The Morgan fingerprint density at radius 2 is 1.87 bits per heavy atom. The van der Waals surface area contributed by atoms with Crippen LogP contribution >= 0.6 is 0 Å². The van der Waals surface area contributed by atoms with Gasteiger partial charge in [-0.05, 0) is 70.2 Å². The highest BCUT2D eigenvalue weighted by molar-refractivity contribution is 6.09. The molecule has 9 nitrogen and oxygen atoms in total. The molecular formula is C29H33FN4O5. The third-order valence-electron chi connectivity index (χ3n) is 7.01. The van der Waals surface area contributed by atoms with Crippen molar-refractivity contribution < 1.29 is 28.2 Å². The van der Waals surface area contributed by atoms with Crippen molar-refractivity contribution in [3.05, 3.63) is 53.0 Å². The summed E-state index contributed by atoms with van der Waals surface area (Å²) in [5, 5.41) is 6.44. The second kappa shape index (κ2) is 9.91. The van der Waals surface area contributed by atoms with Gasteiger partial charge in [0.2, 0.25) is 0 Å². The Hall–Kier alpha value is -4.08. The van der Waals surface area contributed by atoms with Crippen molar-refractivity contribution in [3.63, 3.8) is 0 Å². The van der Waals surface area contributed by atoms with Gasteiger partial charge < -0.3 is 24.7 Å². The molecule has 5 rings (SSSR count). The number of amides is 2. The standard InChI is InChI=1S/C29H33FN4O5/c1-29(2,3)39-28(37)33-11-10-19-22(33)9-8-17-14-23(34(25(17)19)15-16-6-7-16)26(35)32-21-13-18(27(36)38-5)12-20(30)24(21)31-4/h8-9,12-14,16,31H,6-7,10-11,15H2,1-5H3,(H,32,35). The zero-order chi connectivity index (χ0) is 28.1.